The van der Waals surface area contributed by atoms with Gasteiger partial charge < -0.3 is 24.4 Å². The SMILES string of the molecule is COc1ccc(-c2cnc3c(c2)C(=O)N([C@H](C)CO)C[C@H](C)[C@H](CN(C)C(=O)C2CCCCC2)O3)cc1. The average Bonchev–Trinajstić information content (AvgIpc) is 2.94. The molecule has 1 fully saturated rings. The Morgan fingerprint density at radius 1 is 1.22 bits per heavy atom. The van der Waals surface area contributed by atoms with E-state index in [1.165, 1.54) is 6.42 Å². The van der Waals surface area contributed by atoms with E-state index in [-0.39, 0.29) is 48.3 Å². The zero-order valence-corrected chi connectivity index (χ0v) is 22.4. The van der Waals surface area contributed by atoms with Crippen molar-refractivity contribution in [1.82, 2.24) is 14.8 Å². The van der Waals surface area contributed by atoms with Crippen LogP contribution < -0.4 is 9.47 Å². The van der Waals surface area contributed by atoms with Gasteiger partial charge in [-0.2, -0.15) is 0 Å². The summed E-state index contributed by atoms with van der Waals surface area (Å²) in [6.45, 7) is 4.52. The molecular formula is C29H39N3O5. The molecule has 1 N–H and O–H groups in total. The molecule has 1 saturated carbocycles. The van der Waals surface area contributed by atoms with Gasteiger partial charge in [0.1, 0.15) is 17.4 Å². The number of hydrogen-bond donors (Lipinski definition) is 1. The van der Waals surface area contributed by atoms with Gasteiger partial charge in [0.2, 0.25) is 11.8 Å². The topological polar surface area (TPSA) is 92.2 Å². The number of methoxy groups -OCH3 is 1. The van der Waals surface area contributed by atoms with E-state index in [1.54, 1.807) is 29.2 Å². The second-order valence-corrected chi connectivity index (χ2v) is 10.5. The van der Waals surface area contributed by atoms with Crippen molar-refractivity contribution in [1.29, 1.82) is 0 Å². The summed E-state index contributed by atoms with van der Waals surface area (Å²) in [7, 11) is 3.46. The molecule has 1 aliphatic carbocycles. The van der Waals surface area contributed by atoms with E-state index in [9.17, 15) is 14.7 Å². The molecule has 0 saturated heterocycles. The molecule has 1 aromatic carbocycles. The van der Waals surface area contributed by atoms with Crippen LogP contribution in [0.15, 0.2) is 36.5 Å². The Balaban J connectivity index is 1.64. The van der Waals surface area contributed by atoms with Gasteiger partial charge in [0.05, 0.1) is 26.3 Å². The van der Waals surface area contributed by atoms with Gasteiger partial charge in [-0.3, -0.25) is 9.59 Å². The molecule has 2 amide bonds. The number of carbonyl (C=O) groups excluding carboxylic acids is 2. The second kappa shape index (κ2) is 11.9. The summed E-state index contributed by atoms with van der Waals surface area (Å²) < 4.78 is 11.6. The van der Waals surface area contributed by atoms with E-state index in [1.807, 2.05) is 45.2 Å². The molecule has 2 heterocycles. The summed E-state index contributed by atoms with van der Waals surface area (Å²) in [5.41, 5.74) is 2.03. The van der Waals surface area contributed by atoms with E-state index >= 15 is 0 Å². The zero-order valence-electron chi connectivity index (χ0n) is 22.4. The average molecular weight is 510 g/mol. The Hall–Kier alpha value is -3.13. The number of rotatable bonds is 7. The van der Waals surface area contributed by atoms with Crippen molar-refractivity contribution in [3.8, 4) is 22.8 Å². The van der Waals surface area contributed by atoms with E-state index in [0.29, 0.717) is 18.7 Å². The van der Waals surface area contributed by atoms with Crippen molar-refractivity contribution in [3.63, 3.8) is 0 Å². The number of amides is 2. The molecule has 3 atom stereocenters. The van der Waals surface area contributed by atoms with Crippen LogP contribution in [-0.4, -0.2) is 77.7 Å². The Morgan fingerprint density at radius 3 is 2.57 bits per heavy atom. The number of likely N-dealkylation sites (N-methyl/N-ethyl adjacent to an activating group) is 1. The molecule has 2 aliphatic rings. The van der Waals surface area contributed by atoms with Crippen molar-refractivity contribution in [2.45, 2.75) is 58.1 Å². The van der Waals surface area contributed by atoms with E-state index in [2.05, 4.69) is 4.98 Å². The fraction of sp³-hybridized carbons (Fsp3) is 0.552. The lowest BCUT2D eigenvalue weighted by molar-refractivity contribution is -0.136. The summed E-state index contributed by atoms with van der Waals surface area (Å²) in [5.74, 6) is 0.943. The predicted molar refractivity (Wildman–Crippen MR) is 142 cm³/mol. The first-order valence-electron chi connectivity index (χ1n) is 13.3. The summed E-state index contributed by atoms with van der Waals surface area (Å²) in [5, 5.41) is 9.91. The minimum atomic E-state index is -0.368. The minimum absolute atomic E-state index is 0.0734. The maximum atomic E-state index is 13.7. The minimum Gasteiger partial charge on any atom is -0.497 e. The number of benzene rings is 1. The van der Waals surface area contributed by atoms with Crippen LogP contribution in [0.4, 0.5) is 0 Å². The predicted octanol–water partition coefficient (Wildman–Crippen LogP) is 4.02. The molecule has 0 unspecified atom stereocenters. The molecule has 0 spiro atoms. The number of aliphatic hydroxyl groups excluding tert-OH is 1. The standard InChI is InChI=1S/C29H39N3O5/c1-19-16-32(20(2)18-33)29(35)25-14-23(21-10-12-24(36-4)13-11-21)15-30-27(25)37-26(19)17-31(3)28(34)22-8-6-5-7-9-22/h10-15,19-20,22,26,33H,5-9,16-18H2,1-4H3/t19-,20+,26-/m0/s1. The molecule has 2 aromatic rings. The number of pyridine rings is 1. The van der Waals surface area contributed by atoms with Gasteiger partial charge >= 0.3 is 0 Å². The van der Waals surface area contributed by atoms with Gasteiger partial charge in [-0.1, -0.05) is 38.3 Å². The third-order valence-electron chi connectivity index (χ3n) is 7.73. The summed E-state index contributed by atoms with van der Waals surface area (Å²) in [6.07, 6.45) is 6.64. The molecular weight excluding hydrogens is 470 g/mol. The first-order valence-corrected chi connectivity index (χ1v) is 13.3. The number of hydrogen-bond acceptors (Lipinski definition) is 6. The van der Waals surface area contributed by atoms with Gasteiger partial charge in [-0.05, 0) is 43.5 Å². The number of aliphatic hydroxyl groups is 1. The Morgan fingerprint density at radius 2 is 1.92 bits per heavy atom. The first-order chi connectivity index (χ1) is 17.8. The molecule has 4 rings (SSSR count). The number of carbonyl (C=O) groups is 2. The summed E-state index contributed by atoms with van der Waals surface area (Å²) >= 11 is 0. The van der Waals surface area contributed by atoms with Gasteiger partial charge in [-0.25, -0.2) is 4.98 Å². The van der Waals surface area contributed by atoms with Gasteiger partial charge in [0, 0.05) is 37.2 Å². The van der Waals surface area contributed by atoms with Gasteiger partial charge in [-0.15, -0.1) is 0 Å². The van der Waals surface area contributed by atoms with Crippen LogP contribution in [0, 0.1) is 11.8 Å². The normalized spacial score (nSPS) is 21.3. The highest BCUT2D eigenvalue weighted by Crippen LogP contribution is 2.31. The number of nitrogens with zero attached hydrogens (tertiary/aromatic N) is 3. The van der Waals surface area contributed by atoms with Gasteiger partial charge in [0.15, 0.2) is 0 Å². The highest BCUT2D eigenvalue weighted by molar-refractivity contribution is 5.98. The summed E-state index contributed by atoms with van der Waals surface area (Å²) in [6, 6.07) is 8.99. The van der Waals surface area contributed by atoms with Crippen molar-refractivity contribution >= 4 is 11.8 Å². The third kappa shape index (κ3) is 6.06. The zero-order chi connectivity index (χ0) is 26.5. The Bertz CT molecular complexity index is 1080. The van der Waals surface area contributed by atoms with E-state index in [0.717, 1.165) is 42.6 Å². The third-order valence-corrected chi connectivity index (χ3v) is 7.73. The van der Waals surface area contributed by atoms with Crippen LogP contribution in [-0.2, 0) is 4.79 Å². The van der Waals surface area contributed by atoms with Crippen LogP contribution in [0.1, 0.15) is 56.3 Å². The van der Waals surface area contributed by atoms with Crippen LogP contribution >= 0.6 is 0 Å². The monoisotopic (exact) mass is 509 g/mol. The van der Waals surface area contributed by atoms with Crippen molar-refractivity contribution in [2.75, 3.05) is 33.9 Å². The Labute approximate surface area is 219 Å². The first kappa shape index (κ1) is 26.9. The summed E-state index contributed by atoms with van der Waals surface area (Å²) in [4.78, 5) is 34.9. The van der Waals surface area contributed by atoms with Gasteiger partial charge in [0.25, 0.3) is 5.91 Å². The lowest BCUT2D eigenvalue weighted by Gasteiger charge is -2.38. The highest BCUT2D eigenvalue weighted by Gasteiger charge is 2.35. The van der Waals surface area contributed by atoms with Crippen molar-refractivity contribution in [2.24, 2.45) is 11.8 Å². The van der Waals surface area contributed by atoms with Crippen LogP contribution in [0.5, 0.6) is 11.6 Å². The van der Waals surface area contributed by atoms with E-state index in [4.69, 9.17) is 9.47 Å². The molecule has 1 aromatic heterocycles. The number of aromatic nitrogens is 1. The van der Waals surface area contributed by atoms with Crippen molar-refractivity contribution < 1.29 is 24.2 Å². The molecule has 0 radical (unpaired) electrons. The maximum absolute atomic E-state index is 13.7. The molecule has 8 nitrogen and oxygen atoms in total. The molecule has 1 aliphatic heterocycles. The smallest absolute Gasteiger partial charge is 0.259 e. The molecule has 8 heteroatoms. The Kier molecular flexibility index (Phi) is 8.69. The fourth-order valence-corrected chi connectivity index (χ4v) is 5.28. The highest BCUT2D eigenvalue weighted by atomic mass is 16.5. The molecule has 200 valence electrons. The maximum Gasteiger partial charge on any atom is 0.259 e. The lowest BCUT2D eigenvalue weighted by Crippen LogP contribution is -2.51. The van der Waals surface area contributed by atoms with Crippen LogP contribution in [0.25, 0.3) is 11.1 Å². The second-order valence-electron chi connectivity index (χ2n) is 10.5. The number of ether oxygens (including phenoxy) is 2. The van der Waals surface area contributed by atoms with E-state index < -0.39 is 0 Å². The molecule has 37 heavy (non-hydrogen) atoms. The fourth-order valence-electron chi connectivity index (χ4n) is 5.28. The van der Waals surface area contributed by atoms with Crippen LogP contribution in [0.2, 0.25) is 0 Å². The largest absolute Gasteiger partial charge is 0.497 e. The van der Waals surface area contributed by atoms with Crippen molar-refractivity contribution in [3.05, 3.63) is 42.1 Å². The lowest BCUT2D eigenvalue weighted by atomic mass is 9.88. The van der Waals surface area contributed by atoms with Crippen LogP contribution in [0.3, 0.4) is 0 Å². The quantitative estimate of drug-likeness (QED) is 0.606. The molecule has 0 bridgehead atoms. The number of fused-ring (bicyclic) bond motifs is 1.